The normalized spacial score (nSPS) is 11.4. The van der Waals surface area contributed by atoms with Gasteiger partial charge in [0.05, 0.1) is 0 Å². The van der Waals surface area contributed by atoms with Gasteiger partial charge in [-0.3, -0.25) is 4.79 Å². The zero-order valence-corrected chi connectivity index (χ0v) is 24.1. The average Bonchev–Trinajstić information content (AvgIpc) is 2.86. The number of hydrogen-bond donors (Lipinski definition) is 2. The Bertz CT molecular complexity index is 417. The number of amides is 1. The Hall–Kier alpha value is -0.610. The number of carbonyl (C=O) groups excluding carboxylic acids is 1. The molecule has 0 rings (SSSR count). The maximum atomic E-state index is 12.0. The molecule has 0 aliphatic carbocycles. The zero-order chi connectivity index (χ0) is 25.7. The number of unbranched alkanes of at least 4 members (excludes halogenated alkanes) is 18. The van der Waals surface area contributed by atoms with Crippen LogP contribution in [0.1, 0.15) is 162 Å². The Kier molecular flexibility index (Phi) is 29.1. The molecule has 0 spiro atoms. The predicted molar refractivity (Wildman–Crippen MR) is 154 cm³/mol. The first kappa shape index (κ1) is 34.4. The van der Waals surface area contributed by atoms with Gasteiger partial charge in [0.15, 0.2) is 0 Å². The van der Waals surface area contributed by atoms with Gasteiger partial charge in [0.1, 0.15) is 0 Å². The molecule has 0 atom stereocenters. The van der Waals surface area contributed by atoms with Crippen LogP contribution in [-0.4, -0.2) is 48.7 Å². The van der Waals surface area contributed by atoms with Crippen molar-refractivity contribution in [1.82, 2.24) is 10.2 Å². The van der Waals surface area contributed by atoms with Gasteiger partial charge in [-0.25, -0.2) is 0 Å². The lowest BCUT2D eigenvalue weighted by molar-refractivity contribution is -0.121. The summed E-state index contributed by atoms with van der Waals surface area (Å²) in [5, 5.41) is 12.1. The van der Waals surface area contributed by atoms with E-state index < -0.39 is 0 Å². The van der Waals surface area contributed by atoms with Gasteiger partial charge in [-0.1, -0.05) is 129 Å². The van der Waals surface area contributed by atoms with E-state index in [1.54, 1.807) is 0 Å². The highest BCUT2D eigenvalue weighted by atomic mass is 16.3. The summed E-state index contributed by atoms with van der Waals surface area (Å²) in [6.45, 7) is 8.55. The van der Waals surface area contributed by atoms with E-state index >= 15 is 0 Å². The van der Waals surface area contributed by atoms with E-state index in [-0.39, 0.29) is 12.5 Å². The molecule has 1 amide bonds. The van der Waals surface area contributed by atoms with E-state index in [4.69, 9.17) is 5.11 Å². The third kappa shape index (κ3) is 27.8. The minimum Gasteiger partial charge on any atom is -0.396 e. The lowest BCUT2D eigenvalue weighted by atomic mass is 10.0. The summed E-state index contributed by atoms with van der Waals surface area (Å²) in [7, 11) is 0. The zero-order valence-electron chi connectivity index (χ0n) is 24.1. The minimum absolute atomic E-state index is 0.217. The third-order valence-corrected chi connectivity index (χ3v) is 7.15. The molecule has 0 heterocycles. The SMILES string of the molecule is CCCCCCCCCCCCCCCCCCCCCC(=O)NCCCN(CCC)CCCO. The highest BCUT2D eigenvalue weighted by molar-refractivity contribution is 5.75. The molecule has 0 saturated carbocycles. The smallest absolute Gasteiger partial charge is 0.219 e. The highest BCUT2D eigenvalue weighted by Crippen LogP contribution is 2.14. The van der Waals surface area contributed by atoms with Crippen LogP contribution < -0.4 is 5.32 Å². The molecule has 35 heavy (non-hydrogen) atoms. The molecule has 210 valence electrons. The fraction of sp³-hybridized carbons (Fsp3) is 0.968. The van der Waals surface area contributed by atoms with Gasteiger partial charge in [0, 0.05) is 26.1 Å². The summed E-state index contributed by atoms with van der Waals surface area (Å²) in [5.41, 5.74) is 0. The van der Waals surface area contributed by atoms with Crippen LogP contribution in [0.2, 0.25) is 0 Å². The van der Waals surface area contributed by atoms with E-state index in [0.29, 0.717) is 6.42 Å². The quantitative estimate of drug-likeness (QED) is 0.102. The minimum atomic E-state index is 0.217. The van der Waals surface area contributed by atoms with E-state index in [0.717, 1.165) is 51.9 Å². The predicted octanol–water partition coefficient (Wildman–Crippen LogP) is 8.41. The number of aliphatic hydroxyl groups is 1. The Balaban J connectivity index is 3.27. The van der Waals surface area contributed by atoms with Crippen molar-refractivity contribution in [3.63, 3.8) is 0 Å². The molecular weight excluding hydrogens is 432 g/mol. The molecule has 0 radical (unpaired) electrons. The van der Waals surface area contributed by atoms with Crippen LogP contribution in [0.25, 0.3) is 0 Å². The number of carbonyl (C=O) groups is 1. The maximum absolute atomic E-state index is 12.0. The molecular formula is C31H64N2O2. The van der Waals surface area contributed by atoms with Crippen molar-refractivity contribution in [2.45, 2.75) is 162 Å². The first-order valence-corrected chi connectivity index (χ1v) is 15.8. The molecule has 0 saturated heterocycles. The van der Waals surface area contributed by atoms with Crippen LogP contribution in [-0.2, 0) is 4.79 Å². The number of rotatable bonds is 29. The molecule has 0 fully saturated rings. The second-order valence-corrected chi connectivity index (χ2v) is 10.7. The van der Waals surface area contributed by atoms with Crippen molar-refractivity contribution < 1.29 is 9.90 Å². The summed E-state index contributed by atoms with van der Waals surface area (Å²) >= 11 is 0. The molecule has 0 aliphatic rings. The van der Waals surface area contributed by atoms with Crippen LogP contribution in [0.4, 0.5) is 0 Å². The van der Waals surface area contributed by atoms with E-state index in [2.05, 4.69) is 24.1 Å². The Morgan fingerprint density at radius 2 is 0.971 bits per heavy atom. The van der Waals surface area contributed by atoms with Crippen molar-refractivity contribution in [2.75, 3.05) is 32.8 Å². The second-order valence-electron chi connectivity index (χ2n) is 10.7. The third-order valence-electron chi connectivity index (χ3n) is 7.15. The maximum Gasteiger partial charge on any atom is 0.219 e. The van der Waals surface area contributed by atoms with Crippen molar-refractivity contribution in [2.24, 2.45) is 0 Å². The lowest BCUT2D eigenvalue weighted by Crippen LogP contribution is -2.31. The topological polar surface area (TPSA) is 52.6 Å². The molecule has 0 aromatic carbocycles. The van der Waals surface area contributed by atoms with Gasteiger partial charge in [-0.05, 0) is 38.8 Å². The summed E-state index contributed by atoms with van der Waals surface area (Å²) in [6, 6.07) is 0. The standard InChI is InChI=1S/C31H64N2O2/c1-3-5-6-7-8-9-10-11-12-13-14-15-16-17-18-19-20-21-22-25-31(35)32-26-23-28-33(27-4-2)29-24-30-34/h34H,3-30H2,1-2H3,(H,32,35). The van der Waals surface area contributed by atoms with Crippen molar-refractivity contribution >= 4 is 5.91 Å². The van der Waals surface area contributed by atoms with Gasteiger partial charge in [-0.15, -0.1) is 0 Å². The second kappa shape index (κ2) is 29.6. The Morgan fingerprint density at radius 1 is 0.543 bits per heavy atom. The first-order valence-electron chi connectivity index (χ1n) is 15.8. The molecule has 0 bridgehead atoms. The molecule has 0 aliphatic heterocycles. The highest BCUT2D eigenvalue weighted by Gasteiger charge is 2.05. The van der Waals surface area contributed by atoms with Crippen molar-refractivity contribution in [1.29, 1.82) is 0 Å². The Morgan fingerprint density at radius 3 is 1.40 bits per heavy atom. The van der Waals surface area contributed by atoms with Crippen LogP contribution in [0.15, 0.2) is 0 Å². The average molecular weight is 497 g/mol. The fourth-order valence-corrected chi connectivity index (χ4v) is 4.93. The largest absolute Gasteiger partial charge is 0.396 e. The molecule has 0 unspecified atom stereocenters. The Labute approximate surface area is 220 Å². The number of nitrogens with zero attached hydrogens (tertiary/aromatic N) is 1. The molecule has 4 nitrogen and oxygen atoms in total. The number of aliphatic hydroxyl groups excluding tert-OH is 1. The van der Waals surface area contributed by atoms with Gasteiger partial charge in [-0.2, -0.15) is 0 Å². The van der Waals surface area contributed by atoms with Crippen LogP contribution in [0.5, 0.6) is 0 Å². The van der Waals surface area contributed by atoms with Crippen molar-refractivity contribution in [3.05, 3.63) is 0 Å². The van der Waals surface area contributed by atoms with Gasteiger partial charge in [0.25, 0.3) is 0 Å². The summed E-state index contributed by atoms with van der Waals surface area (Å²) in [5.74, 6) is 0.217. The summed E-state index contributed by atoms with van der Waals surface area (Å²) < 4.78 is 0. The first-order chi connectivity index (χ1) is 17.2. The van der Waals surface area contributed by atoms with Crippen molar-refractivity contribution in [3.8, 4) is 0 Å². The van der Waals surface area contributed by atoms with Crippen LogP contribution in [0.3, 0.4) is 0 Å². The molecule has 2 N–H and O–H groups in total. The molecule has 0 aromatic rings. The fourth-order valence-electron chi connectivity index (χ4n) is 4.93. The molecule has 0 aromatic heterocycles. The van der Waals surface area contributed by atoms with E-state index in [9.17, 15) is 4.79 Å². The number of hydrogen-bond acceptors (Lipinski definition) is 3. The summed E-state index contributed by atoms with van der Waals surface area (Å²) in [6.07, 6.45) is 29.9. The lowest BCUT2D eigenvalue weighted by Gasteiger charge is -2.21. The van der Waals surface area contributed by atoms with Gasteiger partial charge in [0.2, 0.25) is 5.91 Å². The monoisotopic (exact) mass is 496 g/mol. The number of nitrogens with one attached hydrogen (secondary N) is 1. The van der Waals surface area contributed by atoms with Crippen LogP contribution in [0, 0.1) is 0 Å². The summed E-state index contributed by atoms with van der Waals surface area (Å²) in [4.78, 5) is 14.4. The van der Waals surface area contributed by atoms with Gasteiger partial charge >= 0.3 is 0 Å². The van der Waals surface area contributed by atoms with Gasteiger partial charge < -0.3 is 15.3 Å². The molecule has 4 heteroatoms. The van der Waals surface area contributed by atoms with E-state index in [1.807, 2.05) is 0 Å². The van der Waals surface area contributed by atoms with Crippen LogP contribution >= 0.6 is 0 Å². The van der Waals surface area contributed by atoms with E-state index in [1.165, 1.54) is 116 Å².